The highest BCUT2D eigenvalue weighted by Crippen LogP contribution is 2.31. The second kappa shape index (κ2) is 8.39. The van der Waals surface area contributed by atoms with Crippen molar-refractivity contribution in [3.8, 4) is 5.75 Å². The molecule has 9 heteroatoms. The molecule has 0 aliphatic carbocycles. The number of hydrogen-bond donors (Lipinski definition) is 1. The molecule has 0 amide bonds. The molecule has 9 nitrogen and oxygen atoms in total. The van der Waals surface area contributed by atoms with Crippen LogP contribution in [0, 0.1) is 0 Å². The molecule has 0 bridgehead atoms. The molecule has 1 atom stereocenters. The minimum absolute atomic E-state index is 0.131. The zero-order valence-electron chi connectivity index (χ0n) is 18.9. The molecule has 0 radical (unpaired) electrons. The van der Waals surface area contributed by atoms with Crippen molar-refractivity contribution in [1.82, 2.24) is 35.0 Å². The summed E-state index contributed by atoms with van der Waals surface area (Å²) >= 11 is 0. The van der Waals surface area contributed by atoms with Crippen molar-refractivity contribution < 1.29 is 4.74 Å². The van der Waals surface area contributed by atoms with Gasteiger partial charge in [0.25, 0.3) is 5.56 Å². The fraction of sp³-hybridized carbons (Fsp3) is 0.545. The van der Waals surface area contributed by atoms with Crippen LogP contribution in [0.4, 0.5) is 0 Å². The highest BCUT2D eigenvalue weighted by atomic mass is 16.5. The van der Waals surface area contributed by atoms with E-state index in [1.807, 2.05) is 28.9 Å². The predicted octanol–water partition coefficient (Wildman–Crippen LogP) is 2.01. The third-order valence-electron chi connectivity index (χ3n) is 6.46. The van der Waals surface area contributed by atoms with Gasteiger partial charge >= 0.3 is 0 Å². The van der Waals surface area contributed by atoms with Gasteiger partial charge in [0.05, 0.1) is 18.2 Å². The summed E-state index contributed by atoms with van der Waals surface area (Å²) in [6.07, 6.45) is 0.869. The molecule has 1 N–H and O–H groups in total. The van der Waals surface area contributed by atoms with Crippen LogP contribution in [-0.4, -0.2) is 75.3 Å². The van der Waals surface area contributed by atoms with Crippen molar-refractivity contribution >= 4 is 10.9 Å². The van der Waals surface area contributed by atoms with Crippen LogP contribution in [0.3, 0.4) is 0 Å². The lowest BCUT2D eigenvalue weighted by atomic mass is 9.99. The first-order valence-corrected chi connectivity index (χ1v) is 10.8. The number of hydrogen-bond acceptors (Lipinski definition) is 7. The Labute approximate surface area is 182 Å². The molecule has 1 aliphatic heterocycles. The van der Waals surface area contributed by atoms with E-state index in [-0.39, 0.29) is 17.1 Å². The number of nitrogens with zero attached hydrogens (tertiary/aromatic N) is 6. The smallest absolute Gasteiger partial charge is 0.253 e. The van der Waals surface area contributed by atoms with Gasteiger partial charge in [-0.2, -0.15) is 0 Å². The van der Waals surface area contributed by atoms with Crippen LogP contribution < -0.4 is 10.3 Å². The Morgan fingerprint density at radius 3 is 2.61 bits per heavy atom. The average molecular weight is 426 g/mol. The first-order valence-electron chi connectivity index (χ1n) is 10.8. The number of rotatable bonds is 6. The molecule has 1 saturated heterocycles. The van der Waals surface area contributed by atoms with Gasteiger partial charge in [-0.3, -0.25) is 9.69 Å². The standard InChI is InChI=1S/C22H31N7O2/c1-6-22(2,3)29-20(24-25-26-29)19(28-11-9-27(4)10-12-28)17-13-15-7-8-16(31-5)14-18(15)23-21(17)30/h7-8,13-14,19H,6,9-12H2,1-5H3,(H,23,30)/t19-/m0/s1. The first kappa shape index (κ1) is 21.5. The highest BCUT2D eigenvalue weighted by molar-refractivity contribution is 5.80. The molecule has 31 heavy (non-hydrogen) atoms. The van der Waals surface area contributed by atoms with E-state index in [0.717, 1.165) is 43.5 Å². The summed E-state index contributed by atoms with van der Waals surface area (Å²) < 4.78 is 7.19. The normalized spacial score (nSPS) is 17.2. The number of piperazine rings is 1. The molecule has 0 saturated carbocycles. The van der Waals surface area contributed by atoms with E-state index < -0.39 is 0 Å². The zero-order chi connectivity index (χ0) is 22.2. The largest absolute Gasteiger partial charge is 0.497 e. The summed E-state index contributed by atoms with van der Waals surface area (Å²) in [5.41, 5.74) is 1.01. The molecule has 1 fully saturated rings. The molecule has 2 aromatic heterocycles. The molecule has 166 valence electrons. The number of aromatic nitrogens is 5. The van der Waals surface area contributed by atoms with Crippen molar-refractivity contribution in [2.75, 3.05) is 40.3 Å². The summed E-state index contributed by atoms with van der Waals surface area (Å²) in [5.74, 6) is 1.41. The Morgan fingerprint density at radius 2 is 1.94 bits per heavy atom. The maximum atomic E-state index is 13.3. The quantitative estimate of drug-likeness (QED) is 0.646. The zero-order valence-corrected chi connectivity index (χ0v) is 18.9. The second-order valence-corrected chi connectivity index (χ2v) is 8.86. The number of H-pyrrole nitrogens is 1. The van der Waals surface area contributed by atoms with E-state index in [4.69, 9.17) is 4.74 Å². The Balaban J connectivity index is 1.87. The van der Waals surface area contributed by atoms with Gasteiger partial charge in [0, 0.05) is 37.8 Å². The second-order valence-electron chi connectivity index (χ2n) is 8.86. The van der Waals surface area contributed by atoms with E-state index in [0.29, 0.717) is 17.1 Å². The van der Waals surface area contributed by atoms with Gasteiger partial charge < -0.3 is 14.6 Å². The van der Waals surface area contributed by atoms with Crippen LogP contribution >= 0.6 is 0 Å². The van der Waals surface area contributed by atoms with Crippen LogP contribution in [0.5, 0.6) is 5.75 Å². The van der Waals surface area contributed by atoms with Gasteiger partial charge in [-0.05, 0) is 61.3 Å². The minimum atomic E-state index is -0.329. The Morgan fingerprint density at radius 1 is 1.19 bits per heavy atom. The Kier molecular flexibility index (Phi) is 5.81. The van der Waals surface area contributed by atoms with Crippen LogP contribution in [0.15, 0.2) is 29.1 Å². The van der Waals surface area contributed by atoms with Gasteiger partial charge in [0.15, 0.2) is 5.82 Å². The van der Waals surface area contributed by atoms with Gasteiger partial charge in [-0.1, -0.05) is 6.92 Å². The number of tetrazole rings is 1. The molecule has 0 unspecified atom stereocenters. The predicted molar refractivity (Wildman–Crippen MR) is 119 cm³/mol. The van der Waals surface area contributed by atoms with E-state index >= 15 is 0 Å². The van der Waals surface area contributed by atoms with Crippen LogP contribution in [0.1, 0.15) is 44.6 Å². The summed E-state index contributed by atoms with van der Waals surface area (Å²) in [5, 5.41) is 13.7. The minimum Gasteiger partial charge on any atom is -0.497 e. The van der Waals surface area contributed by atoms with Crippen molar-refractivity contribution in [1.29, 1.82) is 0 Å². The fourth-order valence-electron chi connectivity index (χ4n) is 4.05. The molecule has 0 spiro atoms. The lowest BCUT2D eigenvalue weighted by Crippen LogP contribution is -2.48. The Hall–Kier alpha value is -2.78. The monoisotopic (exact) mass is 425 g/mol. The van der Waals surface area contributed by atoms with Gasteiger partial charge in [-0.15, -0.1) is 5.10 Å². The van der Waals surface area contributed by atoms with E-state index in [9.17, 15) is 4.79 Å². The van der Waals surface area contributed by atoms with E-state index in [1.165, 1.54) is 0 Å². The lowest BCUT2D eigenvalue weighted by molar-refractivity contribution is 0.117. The molecule has 3 aromatic rings. The van der Waals surface area contributed by atoms with Gasteiger partial charge in [-0.25, -0.2) is 4.68 Å². The third-order valence-corrected chi connectivity index (χ3v) is 6.46. The van der Waals surface area contributed by atoms with Crippen LogP contribution in [0.25, 0.3) is 10.9 Å². The number of benzene rings is 1. The first-order chi connectivity index (χ1) is 14.8. The fourth-order valence-corrected chi connectivity index (χ4v) is 4.05. The van der Waals surface area contributed by atoms with Crippen molar-refractivity contribution in [2.24, 2.45) is 0 Å². The van der Waals surface area contributed by atoms with E-state index in [2.05, 4.69) is 58.1 Å². The lowest BCUT2D eigenvalue weighted by Gasteiger charge is -2.38. The summed E-state index contributed by atoms with van der Waals surface area (Å²) in [6.45, 7) is 9.87. The van der Waals surface area contributed by atoms with Crippen molar-refractivity contribution in [3.63, 3.8) is 0 Å². The molecule has 3 heterocycles. The number of pyridine rings is 1. The number of likely N-dealkylation sites (N-methyl/N-ethyl adjacent to an activating group) is 1. The number of methoxy groups -OCH3 is 1. The van der Waals surface area contributed by atoms with Gasteiger partial charge in [0.1, 0.15) is 11.8 Å². The average Bonchev–Trinajstić information content (AvgIpc) is 3.25. The SMILES string of the molecule is CCC(C)(C)n1nnnc1[C@H](c1cc2ccc(OC)cc2[nH]c1=O)N1CCN(C)CC1. The molecule has 1 aromatic carbocycles. The van der Waals surface area contributed by atoms with Crippen LogP contribution in [0.2, 0.25) is 0 Å². The van der Waals surface area contributed by atoms with E-state index in [1.54, 1.807) is 7.11 Å². The molecular weight excluding hydrogens is 394 g/mol. The molecule has 1 aliphatic rings. The maximum Gasteiger partial charge on any atom is 0.253 e. The Bertz CT molecular complexity index is 1110. The number of aromatic amines is 1. The molecule has 4 rings (SSSR count). The summed E-state index contributed by atoms with van der Waals surface area (Å²) in [4.78, 5) is 20.9. The molecular formula is C22H31N7O2. The maximum absolute atomic E-state index is 13.3. The van der Waals surface area contributed by atoms with Crippen molar-refractivity contribution in [3.05, 3.63) is 46.0 Å². The van der Waals surface area contributed by atoms with Gasteiger partial charge in [0.2, 0.25) is 0 Å². The van der Waals surface area contributed by atoms with Crippen molar-refractivity contribution in [2.45, 2.75) is 38.8 Å². The highest BCUT2D eigenvalue weighted by Gasteiger charge is 2.35. The number of nitrogens with one attached hydrogen (secondary N) is 1. The number of ether oxygens (including phenoxy) is 1. The van der Waals surface area contributed by atoms with Crippen LogP contribution in [-0.2, 0) is 5.54 Å². The third kappa shape index (κ3) is 4.07. The summed E-state index contributed by atoms with van der Waals surface area (Å²) in [6, 6.07) is 7.35. The topological polar surface area (TPSA) is 92.2 Å². The number of fused-ring (bicyclic) bond motifs is 1. The summed E-state index contributed by atoms with van der Waals surface area (Å²) in [7, 11) is 3.74.